The molecule has 0 bridgehead atoms. The van der Waals surface area contributed by atoms with Gasteiger partial charge in [0, 0.05) is 18.5 Å². The Morgan fingerprint density at radius 1 is 1.22 bits per heavy atom. The van der Waals surface area contributed by atoms with Crippen LogP contribution in [0.25, 0.3) is 11.3 Å². The topological polar surface area (TPSA) is 58.2 Å². The van der Waals surface area contributed by atoms with Crippen LogP contribution >= 0.6 is 0 Å². The second kappa shape index (κ2) is 9.06. The van der Waals surface area contributed by atoms with Gasteiger partial charge in [0.05, 0.1) is 31.0 Å². The van der Waals surface area contributed by atoms with E-state index in [1.54, 1.807) is 31.5 Å². The van der Waals surface area contributed by atoms with Crippen molar-refractivity contribution in [3.63, 3.8) is 0 Å². The molecule has 3 aromatic rings. The average Bonchev–Trinajstić information content (AvgIpc) is 3.47. The maximum atomic E-state index is 13.7. The number of methoxy groups -OCH3 is 1. The summed E-state index contributed by atoms with van der Waals surface area (Å²) in [6.07, 6.45) is -2.08. The molecule has 1 fully saturated rings. The van der Waals surface area contributed by atoms with Crippen LogP contribution in [0.3, 0.4) is 0 Å². The van der Waals surface area contributed by atoms with Gasteiger partial charge in [0.25, 0.3) is 0 Å². The minimum atomic E-state index is -4.50. The minimum absolute atomic E-state index is 0.0995. The van der Waals surface area contributed by atoms with Crippen LogP contribution < -0.4 is 4.74 Å². The summed E-state index contributed by atoms with van der Waals surface area (Å²) in [7, 11) is 1.59. The van der Waals surface area contributed by atoms with Gasteiger partial charge >= 0.3 is 6.18 Å². The predicted octanol–water partition coefficient (Wildman–Crippen LogP) is 5.49. The second-order valence-electron chi connectivity index (χ2n) is 7.87. The average molecular weight is 443 g/mol. The number of ether oxygens (including phenoxy) is 1. The monoisotopic (exact) mass is 443 g/mol. The highest BCUT2D eigenvalue weighted by Crippen LogP contribution is 2.40. The third-order valence-electron chi connectivity index (χ3n) is 5.84. The maximum absolute atomic E-state index is 13.7. The number of amides is 1. The molecule has 1 N–H and O–H groups in total. The van der Waals surface area contributed by atoms with Gasteiger partial charge in [-0.05, 0) is 30.5 Å². The van der Waals surface area contributed by atoms with E-state index in [0.717, 1.165) is 11.3 Å². The number of hydrogen-bond donors (Lipinski definition) is 1. The summed E-state index contributed by atoms with van der Waals surface area (Å²) in [5.41, 5.74) is 1.73. The summed E-state index contributed by atoms with van der Waals surface area (Å²) >= 11 is 0. The number of hydrogen-bond acceptors (Lipinski definition) is 3. The number of rotatable bonds is 6. The molecule has 2 atom stereocenters. The molecule has 1 aliphatic heterocycles. The molecular weight excluding hydrogens is 419 g/mol. The van der Waals surface area contributed by atoms with Crippen molar-refractivity contribution >= 4 is 5.91 Å². The molecule has 0 saturated carbocycles. The number of benzene rings is 2. The third-order valence-corrected chi connectivity index (χ3v) is 5.84. The van der Waals surface area contributed by atoms with Crippen LogP contribution in [0.2, 0.25) is 0 Å². The lowest BCUT2D eigenvalue weighted by Gasteiger charge is -2.27. The SMILES string of the molecule is COc1cccc(-c2cnc([C@H]3CCCN3C(=O)C[C@H](c3ccccc3)C(F)(F)F)[nH]2)c1. The van der Waals surface area contributed by atoms with Crippen molar-refractivity contribution in [2.75, 3.05) is 13.7 Å². The third kappa shape index (κ3) is 4.64. The lowest BCUT2D eigenvalue weighted by atomic mass is 9.94. The highest BCUT2D eigenvalue weighted by atomic mass is 19.4. The highest BCUT2D eigenvalue weighted by Gasteiger charge is 2.44. The van der Waals surface area contributed by atoms with E-state index in [9.17, 15) is 18.0 Å². The molecule has 0 unspecified atom stereocenters. The summed E-state index contributed by atoms with van der Waals surface area (Å²) in [6, 6.07) is 14.7. The number of nitrogens with zero attached hydrogens (tertiary/aromatic N) is 2. The van der Waals surface area contributed by atoms with Crippen molar-refractivity contribution in [1.82, 2.24) is 14.9 Å². The molecule has 32 heavy (non-hydrogen) atoms. The Kier molecular flexibility index (Phi) is 6.21. The van der Waals surface area contributed by atoms with Gasteiger partial charge in [0.15, 0.2) is 0 Å². The van der Waals surface area contributed by atoms with Crippen LogP contribution in [0, 0.1) is 0 Å². The van der Waals surface area contributed by atoms with Crippen LogP contribution in [0.15, 0.2) is 60.8 Å². The van der Waals surface area contributed by atoms with E-state index < -0.39 is 24.4 Å². The standard InChI is InChI=1S/C24H24F3N3O2/c1-32-18-10-5-9-17(13-18)20-15-28-23(29-20)21-11-6-12-30(21)22(31)14-19(24(25,26)27)16-7-3-2-4-8-16/h2-5,7-10,13,15,19,21H,6,11-12,14H2,1H3,(H,28,29)/t19-,21-/m1/s1. The Hall–Kier alpha value is -3.29. The van der Waals surface area contributed by atoms with Gasteiger partial charge in [-0.15, -0.1) is 0 Å². The summed E-state index contributed by atoms with van der Waals surface area (Å²) in [6.45, 7) is 0.415. The first-order valence-corrected chi connectivity index (χ1v) is 10.5. The van der Waals surface area contributed by atoms with Crippen LogP contribution in [0.4, 0.5) is 13.2 Å². The van der Waals surface area contributed by atoms with E-state index in [1.807, 2.05) is 24.3 Å². The number of H-pyrrole nitrogens is 1. The van der Waals surface area contributed by atoms with Crippen molar-refractivity contribution in [1.29, 1.82) is 0 Å². The highest BCUT2D eigenvalue weighted by molar-refractivity contribution is 5.78. The number of alkyl halides is 3. The molecule has 0 radical (unpaired) electrons. The van der Waals surface area contributed by atoms with Crippen molar-refractivity contribution < 1.29 is 22.7 Å². The number of aromatic nitrogens is 2. The number of halogens is 3. The lowest BCUT2D eigenvalue weighted by molar-refractivity contribution is -0.161. The van der Waals surface area contributed by atoms with E-state index >= 15 is 0 Å². The van der Waals surface area contributed by atoms with Crippen LogP contribution in [-0.4, -0.2) is 40.6 Å². The van der Waals surface area contributed by atoms with Gasteiger partial charge in [-0.2, -0.15) is 13.2 Å². The van der Waals surface area contributed by atoms with Crippen LogP contribution in [0.5, 0.6) is 5.75 Å². The molecule has 1 aliphatic rings. The second-order valence-corrected chi connectivity index (χ2v) is 7.87. The number of carbonyl (C=O) groups excluding carboxylic acids is 1. The van der Waals surface area contributed by atoms with E-state index in [1.165, 1.54) is 17.0 Å². The zero-order valence-corrected chi connectivity index (χ0v) is 17.6. The van der Waals surface area contributed by atoms with Crippen molar-refractivity contribution in [2.24, 2.45) is 0 Å². The minimum Gasteiger partial charge on any atom is -0.497 e. The van der Waals surface area contributed by atoms with Gasteiger partial charge in [0.2, 0.25) is 5.91 Å². The molecule has 1 saturated heterocycles. The predicted molar refractivity (Wildman–Crippen MR) is 114 cm³/mol. The molecule has 5 nitrogen and oxygen atoms in total. The molecule has 1 amide bonds. The van der Waals surface area contributed by atoms with Gasteiger partial charge in [-0.1, -0.05) is 42.5 Å². The van der Waals surface area contributed by atoms with Gasteiger partial charge in [0.1, 0.15) is 11.6 Å². The first kappa shape index (κ1) is 21.9. The molecular formula is C24H24F3N3O2. The number of carbonyl (C=O) groups is 1. The fourth-order valence-electron chi connectivity index (χ4n) is 4.19. The maximum Gasteiger partial charge on any atom is 0.396 e. The molecule has 0 spiro atoms. The fourth-order valence-corrected chi connectivity index (χ4v) is 4.19. The number of nitrogens with one attached hydrogen (secondary N) is 1. The molecule has 0 aliphatic carbocycles. The molecule has 2 heterocycles. The largest absolute Gasteiger partial charge is 0.497 e. The Labute approximate surface area is 184 Å². The molecule has 168 valence electrons. The fraction of sp³-hybridized carbons (Fsp3) is 0.333. The zero-order chi connectivity index (χ0) is 22.7. The smallest absolute Gasteiger partial charge is 0.396 e. The number of likely N-dealkylation sites (tertiary alicyclic amines) is 1. The molecule has 8 heteroatoms. The normalized spacial score (nSPS) is 17.4. The quantitative estimate of drug-likeness (QED) is 0.549. The summed E-state index contributed by atoms with van der Waals surface area (Å²) in [5.74, 6) is -1.06. The summed E-state index contributed by atoms with van der Waals surface area (Å²) < 4.78 is 46.4. The molecule has 2 aromatic carbocycles. The van der Waals surface area contributed by atoms with Crippen LogP contribution in [0.1, 0.15) is 42.6 Å². The van der Waals surface area contributed by atoms with E-state index in [0.29, 0.717) is 31.0 Å². The summed E-state index contributed by atoms with van der Waals surface area (Å²) in [4.78, 5) is 22.2. The molecule has 4 rings (SSSR count). The van der Waals surface area contributed by atoms with Gasteiger partial charge in [-0.25, -0.2) is 4.98 Å². The van der Waals surface area contributed by atoms with Crippen LogP contribution in [-0.2, 0) is 4.79 Å². The lowest BCUT2D eigenvalue weighted by Crippen LogP contribution is -2.34. The first-order chi connectivity index (χ1) is 15.4. The molecule has 1 aromatic heterocycles. The van der Waals surface area contributed by atoms with Gasteiger partial charge in [-0.3, -0.25) is 4.79 Å². The van der Waals surface area contributed by atoms with E-state index in [-0.39, 0.29) is 11.6 Å². The Balaban J connectivity index is 1.53. The van der Waals surface area contributed by atoms with E-state index in [2.05, 4.69) is 9.97 Å². The Bertz CT molecular complexity index is 1070. The van der Waals surface area contributed by atoms with Crippen molar-refractivity contribution in [2.45, 2.75) is 37.4 Å². The van der Waals surface area contributed by atoms with E-state index in [4.69, 9.17) is 4.74 Å². The van der Waals surface area contributed by atoms with Crippen molar-refractivity contribution in [3.05, 3.63) is 72.2 Å². The van der Waals surface area contributed by atoms with Gasteiger partial charge < -0.3 is 14.6 Å². The summed E-state index contributed by atoms with van der Waals surface area (Å²) in [5, 5.41) is 0. The number of imidazole rings is 1. The number of aromatic amines is 1. The Morgan fingerprint density at radius 2 is 2.00 bits per heavy atom. The van der Waals surface area contributed by atoms with Crippen molar-refractivity contribution in [3.8, 4) is 17.0 Å². The first-order valence-electron chi connectivity index (χ1n) is 10.5. The zero-order valence-electron chi connectivity index (χ0n) is 17.6. The Morgan fingerprint density at radius 3 is 2.72 bits per heavy atom.